The third-order valence-corrected chi connectivity index (χ3v) is 4.38. The first-order chi connectivity index (χ1) is 10.1. The van der Waals surface area contributed by atoms with Crippen LogP contribution in [0, 0.1) is 20.8 Å². The number of hydrogen-bond acceptors (Lipinski definition) is 1. The van der Waals surface area contributed by atoms with Crippen LogP contribution < -0.4 is 5.32 Å². The third-order valence-electron chi connectivity index (χ3n) is 4.38. The van der Waals surface area contributed by atoms with E-state index in [1.165, 1.54) is 61.6 Å². The van der Waals surface area contributed by atoms with Crippen molar-refractivity contribution in [2.75, 3.05) is 6.54 Å². The lowest BCUT2D eigenvalue weighted by Crippen LogP contribution is -2.32. The van der Waals surface area contributed by atoms with Gasteiger partial charge in [-0.1, -0.05) is 57.2 Å². The molecule has 1 heteroatoms. The summed E-state index contributed by atoms with van der Waals surface area (Å²) in [6.45, 7) is 12.4. The molecule has 0 aliphatic rings. The number of nitrogens with one attached hydrogen (secondary N) is 1. The summed E-state index contributed by atoms with van der Waals surface area (Å²) >= 11 is 0. The monoisotopic (exact) mass is 289 g/mol. The van der Waals surface area contributed by atoms with Crippen LogP contribution in [0.1, 0.15) is 74.6 Å². The van der Waals surface area contributed by atoms with Gasteiger partial charge in [-0.25, -0.2) is 0 Å². The van der Waals surface area contributed by atoms with E-state index in [0.717, 1.165) is 6.54 Å². The van der Waals surface area contributed by atoms with E-state index >= 15 is 0 Å². The summed E-state index contributed by atoms with van der Waals surface area (Å²) in [6.07, 6.45) is 9.16. The SMILES string of the molecule is CCCCCCC(Cc1c(C)cc(C)cc1C)NCCC. The molecule has 1 atom stereocenters. The Bertz CT molecular complexity index is 385. The minimum absolute atomic E-state index is 0.641. The largest absolute Gasteiger partial charge is 0.314 e. The highest BCUT2D eigenvalue weighted by molar-refractivity contribution is 5.38. The van der Waals surface area contributed by atoms with Crippen molar-refractivity contribution in [3.05, 3.63) is 34.4 Å². The quantitative estimate of drug-likeness (QED) is 0.561. The number of rotatable bonds is 10. The lowest BCUT2D eigenvalue weighted by Gasteiger charge is -2.21. The van der Waals surface area contributed by atoms with Crippen molar-refractivity contribution in [2.24, 2.45) is 0 Å². The maximum Gasteiger partial charge on any atom is 0.0108 e. The van der Waals surface area contributed by atoms with Crippen LogP contribution >= 0.6 is 0 Å². The lowest BCUT2D eigenvalue weighted by atomic mass is 9.92. The smallest absolute Gasteiger partial charge is 0.0108 e. The van der Waals surface area contributed by atoms with Crippen LogP contribution in [-0.4, -0.2) is 12.6 Å². The van der Waals surface area contributed by atoms with Gasteiger partial charge in [0.1, 0.15) is 0 Å². The van der Waals surface area contributed by atoms with Gasteiger partial charge in [0.15, 0.2) is 0 Å². The summed E-state index contributed by atoms with van der Waals surface area (Å²) in [5, 5.41) is 3.76. The second kappa shape index (κ2) is 10.00. The van der Waals surface area contributed by atoms with Crippen LogP contribution in [0.5, 0.6) is 0 Å². The molecule has 0 heterocycles. The Labute approximate surface area is 132 Å². The molecule has 0 amide bonds. The summed E-state index contributed by atoms with van der Waals surface area (Å²) < 4.78 is 0. The van der Waals surface area contributed by atoms with E-state index in [-0.39, 0.29) is 0 Å². The predicted molar refractivity (Wildman–Crippen MR) is 95.2 cm³/mol. The maximum absolute atomic E-state index is 3.76. The second-order valence-corrected chi connectivity index (χ2v) is 6.58. The molecule has 0 aliphatic carbocycles. The standard InChI is InChI=1S/C20H35N/c1-6-8-9-10-11-19(21-12-7-2)15-20-17(4)13-16(3)14-18(20)5/h13-14,19,21H,6-12,15H2,1-5H3. The topological polar surface area (TPSA) is 12.0 Å². The molecule has 120 valence electrons. The first-order valence-electron chi connectivity index (χ1n) is 8.88. The molecular formula is C20H35N. The molecule has 0 radical (unpaired) electrons. The van der Waals surface area contributed by atoms with E-state index in [1.807, 2.05) is 0 Å². The van der Waals surface area contributed by atoms with Crippen LogP contribution in [0.4, 0.5) is 0 Å². The zero-order chi connectivity index (χ0) is 15.7. The van der Waals surface area contributed by atoms with Gasteiger partial charge in [0.25, 0.3) is 0 Å². The van der Waals surface area contributed by atoms with Crippen molar-refractivity contribution in [1.82, 2.24) is 5.32 Å². The van der Waals surface area contributed by atoms with Crippen molar-refractivity contribution in [2.45, 2.75) is 85.6 Å². The van der Waals surface area contributed by atoms with E-state index in [4.69, 9.17) is 0 Å². The first kappa shape index (κ1) is 18.2. The average Bonchev–Trinajstić information content (AvgIpc) is 2.43. The van der Waals surface area contributed by atoms with Crippen molar-refractivity contribution in [1.29, 1.82) is 0 Å². The Kier molecular flexibility index (Phi) is 8.68. The fourth-order valence-electron chi connectivity index (χ4n) is 3.22. The van der Waals surface area contributed by atoms with Gasteiger partial charge in [-0.3, -0.25) is 0 Å². The summed E-state index contributed by atoms with van der Waals surface area (Å²) in [4.78, 5) is 0. The Morgan fingerprint density at radius 3 is 2.14 bits per heavy atom. The van der Waals surface area contributed by atoms with Gasteiger partial charge in [-0.15, -0.1) is 0 Å². The highest BCUT2D eigenvalue weighted by Gasteiger charge is 2.12. The van der Waals surface area contributed by atoms with E-state index < -0.39 is 0 Å². The maximum atomic E-state index is 3.76. The zero-order valence-corrected chi connectivity index (χ0v) is 14.9. The Balaban J connectivity index is 2.66. The van der Waals surface area contributed by atoms with Gasteiger partial charge < -0.3 is 5.32 Å². The third kappa shape index (κ3) is 6.65. The van der Waals surface area contributed by atoms with Crippen LogP contribution in [0.3, 0.4) is 0 Å². The molecule has 1 aromatic rings. The number of hydrogen-bond donors (Lipinski definition) is 1. The van der Waals surface area contributed by atoms with E-state index in [2.05, 4.69) is 52.1 Å². The summed E-state index contributed by atoms with van der Waals surface area (Å²) in [6, 6.07) is 5.30. The van der Waals surface area contributed by atoms with Gasteiger partial charge >= 0.3 is 0 Å². The minimum Gasteiger partial charge on any atom is -0.314 e. The molecule has 0 spiro atoms. The number of benzene rings is 1. The van der Waals surface area contributed by atoms with E-state index in [9.17, 15) is 0 Å². The Morgan fingerprint density at radius 2 is 1.57 bits per heavy atom. The molecule has 1 nitrogen and oxygen atoms in total. The molecule has 0 bridgehead atoms. The van der Waals surface area contributed by atoms with Gasteiger partial charge in [0, 0.05) is 6.04 Å². The fourth-order valence-corrected chi connectivity index (χ4v) is 3.22. The molecule has 0 aliphatic heterocycles. The Morgan fingerprint density at radius 1 is 0.905 bits per heavy atom. The van der Waals surface area contributed by atoms with Crippen LogP contribution in [0.2, 0.25) is 0 Å². The lowest BCUT2D eigenvalue weighted by molar-refractivity contribution is 0.452. The molecule has 0 saturated carbocycles. The number of aryl methyl sites for hydroxylation is 3. The molecule has 0 fully saturated rings. The molecule has 0 aromatic heterocycles. The van der Waals surface area contributed by atoms with Crippen molar-refractivity contribution >= 4 is 0 Å². The normalized spacial score (nSPS) is 12.6. The molecular weight excluding hydrogens is 254 g/mol. The van der Waals surface area contributed by atoms with Gasteiger partial charge in [-0.2, -0.15) is 0 Å². The first-order valence-corrected chi connectivity index (χ1v) is 8.88. The summed E-state index contributed by atoms with van der Waals surface area (Å²) in [5.74, 6) is 0. The number of unbranched alkanes of at least 4 members (excludes halogenated alkanes) is 3. The molecule has 1 aromatic carbocycles. The van der Waals surface area contributed by atoms with Crippen molar-refractivity contribution in [3.8, 4) is 0 Å². The Hall–Kier alpha value is -0.820. The van der Waals surface area contributed by atoms with E-state index in [1.54, 1.807) is 5.56 Å². The van der Waals surface area contributed by atoms with Gasteiger partial charge in [-0.05, 0) is 63.3 Å². The molecule has 21 heavy (non-hydrogen) atoms. The molecule has 1 unspecified atom stereocenters. The van der Waals surface area contributed by atoms with Crippen LogP contribution in [0.25, 0.3) is 0 Å². The highest BCUT2D eigenvalue weighted by Crippen LogP contribution is 2.20. The van der Waals surface area contributed by atoms with Crippen LogP contribution in [0.15, 0.2) is 12.1 Å². The molecule has 1 rings (SSSR count). The van der Waals surface area contributed by atoms with Gasteiger partial charge in [0.05, 0.1) is 0 Å². The van der Waals surface area contributed by atoms with Crippen LogP contribution in [-0.2, 0) is 6.42 Å². The fraction of sp³-hybridized carbons (Fsp3) is 0.700. The summed E-state index contributed by atoms with van der Waals surface area (Å²) in [5.41, 5.74) is 5.87. The average molecular weight is 290 g/mol. The molecule has 0 saturated heterocycles. The predicted octanol–water partition coefficient (Wildman–Crippen LogP) is 5.49. The van der Waals surface area contributed by atoms with E-state index in [0.29, 0.717) is 6.04 Å². The van der Waals surface area contributed by atoms with Crippen molar-refractivity contribution in [3.63, 3.8) is 0 Å². The van der Waals surface area contributed by atoms with Crippen molar-refractivity contribution < 1.29 is 0 Å². The second-order valence-electron chi connectivity index (χ2n) is 6.58. The van der Waals surface area contributed by atoms with Gasteiger partial charge in [0.2, 0.25) is 0 Å². The highest BCUT2D eigenvalue weighted by atomic mass is 14.9. The summed E-state index contributed by atoms with van der Waals surface area (Å²) in [7, 11) is 0. The zero-order valence-electron chi connectivity index (χ0n) is 14.9. The molecule has 1 N–H and O–H groups in total. The minimum atomic E-state index is 0.641.